The summed E-state index contributed by atoms with van der Waals surface area (Å²) in [6.07, 6.45) is -1.59. The van der Waals surface area contributed by atoms with Crippen molar-refractivity contribution >= 4 is 21.9 Å². The van der Waals surface area contributed by atoms with Crippen LogP contribution in [0.4, 0.5) is 0 Å². The smallest absolute Gasteiger partial charge is 0.125 e. The fourth-order valence-electron chi connectivity index (χ4n) is 2.41. The molecule has 0 saturated carbocycles. The van der Waals surface area contributed by atoms with Crippen LogP contribution in [0.25, 0.3) is 10.8 Å². The Kier molecular flexibility index (Phi) is 5.08. The molecule has 2 rings (SSSR count). The van der Waals surface area contributed by atoms with E-state index < -0.39 is 22.1 Å². The molecule has 0 bridgehead atoms. The van der Waals surface area contributed by atoms with E-state index in [4.69, 9.17) is 10.5 Å². The Hall–Kier alpha value is -1.31. The van der Waals surface area contributed by atoms with Crippen molar-refractivity contribution in [1.82, 2.24) is 0 Å². The molecule has 6 heteroatoms. The van der Waals surface area contributed by atoms with Gasteiger partial charge >= 0.3 is 0 Å². The maximum absolute atomic E-state index is 11.9. The molecule has 5 nitrogen and oxygen atoms in total. The van der Waals surface area contributed by atoms with Crippen molar-refractivity contribution in [2.75, 3.05) is 13.2 Å². The molecule has 0 saturated heterocycles. The second kappa shape index (κ2) is 6.64. The quantitative estimate of drug-likeness (QED) is 0.618. The van der Waals surface area contributed by atoms with E-state index in [0.717, 1.165) is 10.8 Å². The molecule has 2 aromatic rings. The van der Waals surface area contributed by atoms with E-state index in [1.54, 1.807) is 25.1 Å². The van der Waals surface area contributed by atoms with Gasteiger partial charge in [-0.15, -0.1) is 0 Å². The van der Waals surface area contributed by atoms with E-state index in [9.17, 15) is 13.9 Å². The van der Waals surface area contributed by atoms with Gasteiger partial charge in [-0.2, -0.15) is 0 Å². The van der Waals surface area contributed by atoms with Crippen LogP contribution in [0.2, 0.25) is 0 Å². The second-order valence-electron chi connectivity index (χ2n) is 4.73. The van der Waals surface area contributed by atoms with Crippen molar-refractivity contribution in [3.05, 3.63) is 48.0 Å². The van der Waals surface area contributed by atoms with Gasteiger partial charge in [-0.05, 0) is 34.3 Å². The van der Waals surface area contributed by atoms with Crippen LogP contribution in [-0.4, -0.2) is 33.3 Å². The molecule has 0 heterocycles. The molecule has 21 heavy (non-hydrogen) atoms. The predicted molar refractivity (Wildman–Crippen MR) is 81.2 cm³/mol. The van der Waals surface area contributed by atoms with Crippen LogP contribution >= 0.6 is 0 Å². The topological polar surface area (TPSA) is 95.6 Å². The van der Waals surface area contributed by atoms with Crippen molar-refractivity contribution in [1.29, 1.82) is 0 Å². The minimum absolute atomic E-state index is 0.203. The zero-order chi connectivity index (χ0) is 15.5. The minimum atomic E-state index is -2.65. The Morgan fingerprint density at radius 2 is 2.00 bits per heavy atom. The van der Waals surface area contributed by atoms with Gasteiger partial charge in [0.25, 0.3) is 0 Å². The number of hydrogen-bond acceptors (Lipinski definition) is 5. The summed E-state index contributed by atoms with van der Waals surface area (Å²) in [5, 5.41) is 11.6. The first kappa shape index (κ1) is 16.1. The van der Waals surface area contributed by atoms with Crippen LogP contribution in [0.3, 0.4) is 0 Å². The van der Waals surface area contributed by atoms with Gasteiger partial charge in [0.15, 0.2) is 0 Å². The van der Waals surface area contributed by atoms with Gasteiger partial charge in [-0.25, -0.2) is 0 Å². The highest BCUT2D eigenvalue weighted by Gasteiger charge is 2.41. The van der Waals surface area contributed by atoms with Gasteiger partial charge < -0.3 is 20.1 Å². The van der Waals surface area contributed by atoms with Crippen LogP contribution in [0, 0.1) is 0 Å². The molecule has 114 valence electrons. The molecule has 2 aromatic carbocycles. The maximum Gasteiger partial charge on any atom is 0.125 e. The number of hydrogen-bond donors (Lipinski definition) is 2. The summed E-state index contributed by atoms with van der Waals surface area (Å²) in [5.41, 5.74) is 6.06. The van der Waals surface area contributed by atoms with Gasteiger partial charge in [0.05, 0.1) is 6.61 Å². The van der Waals surface area contributed by atoms with Crippen LogP contribution in [0.15, 0.2) is 42.5 Å². The fraction of sp³-hybridized carbons (Fsp3) is 0.333. The summed E-state index contributed by atoms with van der Waals surface area (Å²) >= 11 is -2.65. The average molecular weight is 308 g/mol. The molecule has 1 unspecified atom stereocenters. The first-order valence-corrected chi connectivity index (χ1v) is 7.70. The highest BCUT2D eigenvalue weighted by Crippen LogP contribution is 2.35. The lowest BCUT2D eigenvalue weighted by molar-refractivity contribution is 0.0484. The first-order valence-electron chi connectivity index (χ1n) is 6.63. The SMILES string of the molecule is CCOC[C@](c1cccc2ccccc12)([C@@H](N)O)S(=O)[O-]. The molecule has 0 amide bonds. The number of aliphatic hydroxyl groups excluding tert-OH is 1. The third kappa shape index (κ3) is 2.86. The third-order valence-corrected chi connectivity index (χ3v) is 4.72. The molecular formula is C15H18NO4S-. The molecule has 0 aromatic heterocycles. The molecular weight excluding hydrogens is 290 g/mol. The van der Waals surface area contributed by atoms with E-state index in [0.29, 0.717) is 12.2 Å². The number of nitrogens with two attached hydrogens (primary N) is 1. The average Bonchev–Trinajstić information content (AvgIpc) is 2.47. The maximum atomic E-state index is 11.9. The normalized spacial score (nSPS) is 17.3. The van der Waals surface area contributed by atoms with Gasteiger partial charge in [0.2, 0.25) is 0 Å². The molecule has 0 aliphatic rings. The van der Waals surface area contributed by atoms with E-state index in [1.165, 1.54) is 0 Å². The molecule has 0 radical (unpaired) electrons. The lowest BCUT2D eigenvalue weighted by atomic mass is 9.92. The number of fused-ring (bicyclic) bond motifs is 1. The third-order valence-electron chi connectivity index (χ3n) is 3.54. The Morgan fingerprint density at radius 1 is 1.33 bits per heavy atom. The zero-order valence-electron chi connectivity index (χ0n) is 11.7. The van der Waals surface area contributed by atoms with E-state index in [-0.39, 0.29) is 6.61 Å². The van der Waals surface area contributed by atoms with E-state index >= 15 is 0 Å². The van der Waals surface area contributed by atoms with Gasteiger partial charge in [0, 0.05) is 6.61 Å². The van der Waals surface area contributed by atoms with Crippen molar-refractivity contribution in [2.45, 2.75) is 17.9 Å². The second-order valence-corrected chi connectivity index (χ2v) is 5.93. The molecule has 0 spiro atoms. The number of rotatable bonds is 6. The molecule has 0 aliphatic heterocycles. The Morgan fingerprint density at radius 3 is 2.62 bits per heavy atom. The van der Waals surface area contributed by atoms with E-state index in [2.05, 4.69) is 0 Å². The summed E-state index contributed by atoms with van der Waals surface area (Å²) in [4.78, 5) is 0. The molecule has 3 N–H and O–H groups in total. The summed E-state index contributed by atoms with van der Waals surface area (Å²) < 4.78 is 27.4. The fourth-order valence-corrected chi connectivity index (χ4v) is 3.14. The summed E-state index contributed by atoms with van der Waals surface area (Å²) in [6.45, 7) is 1.88. The largest absolute Gasteiger partial charge is 0.771 e. The van der Waals surface area contributed by atoms with Crippen LogP contribution in [0.5, 0.6) is 0 Å². The minimum Gasteiger partial charge on any atom is -0.771 e. The highest BCUT2D eigenvalue weighted by molar-refractivity contribution is 7.80. The summed E-state index contributed by atoms with van der Waals surface area (Å²) in [7, 11) is 0. The number of benzene rings is 2. The van der Waals surface area contributed by atoms with E-state index in [1.807, 2.05) is 24.3 Å². The Bertz CT molecular complexity index is 641. The molecule has 3 atom stereocenters. The van der Waals surface area contributed by atoms with Crippen molar-refractivity contribution < 1.29 is 18.6 Å². The summed E-state index contributed by atoms with van der Waals surface area (Å²) in [6, 6.07) is 12.6. The molecule has 0 fully saturated rings. The Labute approximate surface area is 126 Å². The monoisotopic (exact) mass is 308 g/mol. The van der Waals surface area contributed by atoms with Crippen molar-refractivity contribution in [3.63, 3.8) is 0 Å². The van der Waals surface area contributed by atoms with Gasteiger partial charge in [0.1, 0.15) is 11.0 Å². The van der Waals surface area contributed by atoms with Crippen LogP contribution in [0.1, 0.15) is 12.5 Å². The predicted octanol–water partition coefficient (Wildman–Crippen LogP) is 1.23. The van der Waals surface area contributed by atoms with Crippen LogP contribution < -0.4 is 5.73 Å². The zero-order valence-corrected chi connectivity index (χ0v) is 12.5. The lowest BCUT2D eigenvalue weighted by Crippen LogP contribution is -2.52. The van der Waals surface area contributed by atoms with Crippen molar-refractivity contribution in [3.8, 4) is 0 Å². The molecule has 0 aliphatic carbocycles. The highest BCUT2D eigenvalue weighted by atomic mass is 32.2. The number of aliphatic hydroxyl groups is 1. The Balaban J connectivity index is 2.71. The standard InChI is InChI=1S/C15H19NO4S/c1-2-20-10-15(14(16)17,21(18)19)13-9-5-7-11-6-3-4-8-12(11)13/h3-9,14,17H,2,10,16H2,1H3,(H,18,19)/p-1/t14-,15-/m0/s1. The number of ether oxygens (including phenoxy) is 1. The van der Waals surface area contributed by atoms with Gasteiger partial charge in [-0.3, -0.25) is 4.21 Å². The van der Waals surface area contributed by atoms with Crippen molar-refractivity contribution in [2.24, 2.45) is 5.73 Å². The first-order chi connectivity index (χ1) is 10.0. The lowest BCUT2D eigenvalue weighted by Gasteiger charge is -2.38. The summed E-state index contributed by atoms with van der Waals surface area (Å²) in [5.74, 6) is 0. The van der Waals surface area contributed by atoms with Gasteiger partial charge in [-0.1, -0.05) is 42.5 Å². The van der Waals surface area contributed by atoms with Crippen LogP contribution in [-0.2, 0) is 20.6 Å².